The van der Waals surface area contributed by atoms with E-state index in [1.165, 1.54) is 0 Å². The summed E-state index contributed by atoms with van der Waals surface area (Å²) >= 11 is 7.07. The standard InChI is InChI=1S/C32H49ClN4O5/c1-22(2)37(24-14-12-18-35(21-24)31(40)42-32(3,4)5)30(39)29-27(33)25-15-11-13-23(16-17-26(38)34(6)7)28(25)36(29)19-9-10-20-41-8/h11,13,15,22,24H,9-10,12,14,16-21H2,1-8H3/t24-/m1/s1. The number of hydrogen-bond donors (Lipinski definition) is 0. The maximum atomic E-state index is 14.6. The van der Waals surface area contributed by atoms with Crippen LogP contribution in [0.15, 0.2) is 18.2 Å². The number of benzene rings is 1. The van der Waals surface area contributed by atoms with E-state index in [0.717, 1.165) is 42.1 Å². The number of likely N-dealkylation sites (tertiary alicyclic amines) is 1. The van der Waals surface area contributed by atoms with Gasteiger partial charge < -0.3 is 28.7 Å². The molecule has 0 unspecified atom stereocenters. The van der Waals surface area contributed by atoms with Crippen LogP contribution in [-0.2, 0) is 27.2 Å². The Bertz CT molecular complexity index is 1250. The predicted octanol–water partition coefficient (Wildman–Crippen LogP) is 5.99. The van der Waals surface area contributed by atoms with Crippen LogP contribution < -0.4 is 0 Å². The Morgan fingerprint density at radius 1 is 1.14 bits per heavy atom. The molecule has 0 N–H and O–H groups in total. The van der Waals surface area contributed by atoms with E-state index in [0.29, 0.717) is 49.8 Å². The largest absolute Gasteiger partial charge is 0.444 e. The minimum absolute atomic E-state index is 0.0467. The molecular formula is C32H49ClN4O5. The quantitative estimate of drug-likeness (QED) is 0.294. The van der Waals surface area contributed by atoms with Gasteiger partial charge in [0.1, 0.15) is 11.3 Å². The summed E-state index contributed by atoms with van der Waals surface area (Å²) in [6, 6.07) is 5.61. The first-order valence-electron chi connectivity index (χ1n) is 15.1. The first kappa shape index (κ1) is 33.7. The third-order valence-electron chi connectivity index (χ3n) is 7.63. The van der Waals surface area contributed by atoms with Crippen LogP contribution in [0.5, 0.6) is 0 Å². The van der Waals surface area contributed by atoms with Gasteiger partial charge in [0, 0.05) is 65.3 Å². The molecule has 3 amide bonds. The minimum Gasteiger partial charge on any atom is -0.444 e. The van der Waals surface area contributed by atoms with Crippen molar-refractivity contribution in [2.75, 3.05) is 40.9 Å². The Hall–Kier alpha value is -2.78. The molecule has 3 rings (SSSR count). The molecule has 0 radical (unpaired) electrons. The van der Waals surface area contributed by atoms with Crippen molar-refractivity contribution in [1.29, 1.82) is 0 Å². The summed E-state index contributed by atoms with van der Waals surface area (Å²) in [5, 5.41) is 1.23. The first-order chi connectivity index (χ1) is 19.8. The highest BCUT2D eigenvalue weighted by Gasteiger charge is 2.36. The Morgan fingerprint density at radius 3 is 2.48 bits per heavy atom. The molecule has 0 bridgehead atoms. The van der Waals surface area contributed by atoms with E-state index in [4.69, 9.17) is 21.1 Å². The van der Waals surface area contributed by atoms with Gasteiger partial charge in [0.05, 0.1) is 16.6 Å². The summed E-state index contributed by atoms with van der Waals surface area (Å²) in [7, 11) is 5.19. The molecular weight excluding hydrogens is 556 g/mol. The molecule has 1 saturated heterocycles. The lowest BCUT2D eigenvalue weighted by atomic mass is 10.0. The SMILES string of the molecule is COCCCCn1c(C(=O)N(C(C)C)[C@@H]2CCCN(C(=O)OC(C)(C)C)C2)c(Cl)c2cccc(CCC(=O)N(C)C)c21. The Kier molecular flexibility index (Phi) is 11.7. The highest BCUT2D eigenvalue weighted by atomic mass is 35.5. The molecule has 1 aromatic carbocycles. The third kappa shape index (κ3) is 8.19. The van der Waals surface area contributed by atoms with E-state index in [1.54, 1.807) is 31.0 Å². The van der Waals surface area contributed by atoms with Crippen molar-refractivity contribution < 1.29 is 23.9 Å². The number of hydrogen-bond acceptors (Lipinski definition) is 5. The number of carbonyl (C=O) groups excluding carboxylic acids is 3. The predicted molar refractivity (Wildman–Crippen MR) is 167 cm³/mol. The van der Waals surface area contributed by atoms with Gasteiger partial charge >= 0.3 is 6.09 Å². The molecule has 0 aliphatic carbocycles. The number of halogens is 1. The van der Waals surface area contributed by atoms with Crippen molar-refractivity contribution in [3.05, 3.63) is 34.5 Å². The fourth-order valence-electron chi connectivity index (χ4n) is 5.68. The van der Waals surface area contributed by atoms with Crippen LogP contribution >= 0.6 is 11.6 Å². The van der Waals surface area contributed by atoms with Crippen molar-refractivity contribution >= 4 is 40.4 Å². The molecule has 1 atom stereocenters. The van der Waals surface area contributed by atoms with E-state index in [1.807, 2.05) is 57.7 Å². The van der Waals surface area contributed by atoms with Gasteiger partial charge in [0.25, 0.3) is 5.91 Å². The van der Waals surface area contributed by atoms with Crippen LogP contribution in [-0.4, -0.2) is 95.8 Å². The van der Waals surface area contributed by atoms with Crippen LogP contribution in [0.25, 0.3) is 10.9 Å². The molecule has 1 fully saturated rings. The van der Waals surface area contributed by atoms with Gasteiger partial charge in [-0.3, -0.25) is 9.59 Å². The van der Waals surface area contributed by atoms with E-state index < -0.39 is 5.60 Å². The smallest absolute Gasteiger partial charge is 0.410 e. The molecule has 234 valence electrons. The average Bonchev–Trinajstić information content (AvgIpc) is 3.20. The number of para-hydroxylation sites is 1. The van der Waals surface area contributed by atoms with Gasteiger partial charge in [-0.05, 0) is 72.3 Å². The minimum atomic E-state index is -0.594. The number of aromatic nitrogens is 1. The second-order valence-electron chi connectivity index (χ2n) is 12.6. The highest BCUT2D eigenvalue weighted by Crippen LogP contribution is 2.36. The molecule has 0 spiro atoms. The van der Waals surface area contributed by atoms with Crippen LogP contribution in [0.2, 0.25) is 5.02 Å². The van der Waals surface area contributed by atoms with Gasteiger partial charge in [-0.25, -0.2) is 4.79 Å². The fourth-order valence-corrected chi connectivity index (χ4v) is 6.01. The van der Waals surface area contributed by atoms with Gasteiger partial charge in [-0.2, -0.15) is 0 Å². The summed E-state index contributed by atoms with van der Waals surface area (Å²) < 4.78 is 13.0. The van der Waals surface area contributed by atoms with E-state index in [9.17, 15) is 14.4 Å². The zero-order chi connectivity index (χ0) is 31.2. The third-order valence-corrected chi connectivity index (χ3v) is 8.01. The van der Waals surface area contributed by atoms with Crippen molar-refractivity contribution in [3.8, 4) is 0 Å². The lowest BCUT2D eigenvalue weighted by molar-refractivity contribution is -0.128. The maximum Gasteiger partial charge on any atom is 0.410 e. The number of amides is 3. The topological polar surface area (TPSA) is 84.3 Å². The monoisotopic (exact) mass is 604 g/mol. The number of nitrogens with zero attached hydrogens (tertiary/aromatic N) is 4. The number of ether oxygens (including phenoxy) is 2. The van der Waals surface area contributed by atoms with Gasteiger partial charge in [-0.15, -0.1) is 0 Å². The molecule has 1 aliphatic rings. The van der Waals surface area contributed by atoms with Gasteiger partial charge in [-0.1, -0.05) is 29.8 Å². The molecule has 10 heteroatoms. The summed E-state index contributed by atoms with van der Waals surface area (Å²) in [4.78, 5) is 45.1. The zero-order valence-corrected chi connectivity index (χ0v) is 27.4. The van der Waals surface area contributed by atoms with E-state index in [2.05, 4.69) is 4.57 Å². The van der Waals surface area contributed by atoms with Crippen molar-refractivity contribution in [2.45, 2.75) is 97.4 Å². The number of unbranched alkanes of at least 4 members (excludes halogenated alkanes) is 1. The Balaban J connectivity index is 2.03. The summed E-state index contributed by atoms with van der Waals surface area (Å²) in [6.45, 7) is 11.8. The number of rotatable bonds is 11. The number of fused-ring (bicyclic) bond motifs is 1. The first-order valence-corrected chi connectivity index (χ1v) is 15.4. The maximum absolute atomic E-state index is 14.6. The second kappa shape index (κ2) is 14.6. The van der Waals surface area contributed by atoms with Crippen LogP contribution in [0.1, 0.15) is 82.8 Å². The summed E-state index contributed by atoms with van der Waals surface area (Å²) in [6.07, 6.45) is 3.75. The number of methoxy groups -OCH3 is 1. The Morgan fingerprint density at radius 2 is 1.86 bits per heavy atom. The van der Waals surface area contributed by atoms with Crippen molar-refractivity contribution in [1.82, 2.24) is 19.3 Å². The molecule has 9 nitrogen and oxygen atoms in total. The van der Waals surface area contributed by atoms with Gasteiger partial charge in [0.15, 0.2) is 0 Å². The van der Waals surface area contributed by atoms with Crippen LogP contribution in [0.3, 0.4) is 0 Å². The summed E-state index contributed by atoms with van der Waals surface area (Å²) in [5.74, 6) is -0.102. The molecule has 2 aromatic rings. The molecule has 42 heavy (non-hydrogen) atoms. The number of piperidine rings is 1. The van der Waals surface area contributed by atoms with E-state index in [-0.39, 0.29) is 30.0 Å². The molecule has 2 heterocycles. The molecule has 1 aromatic heterocycles. The normalized spacial score (nSPS) is 15.8. The zero-order valence-electron chi connectivity index (χ0n) is 26.7. The summed E-state index contributed by atoms with van der Waals surface area (Å²) in [5.41, 5.74) is 1.75. The molecule has 1 aliphatic heterocycles. The van der Waals surface area contributed by atoms with Gasteiger partial charge in [0.2, 0.25) is 5.91 Å². The molecule has 0 saturated carbocycles. The van der Waals surface area contributed by atoms with Crippen LogP contribution in [0, 0.1) is 0 Å². The lowest BCUT2D eigenvalue weighted by Crippen LogP contribution is -2.54. The number of aryl methyl sites for hydroxylation is 2. The van der Waals surface area contributed by atoms with Crippen molar-refractivity contribution in [2.24, 2.45) is 0 Å². The second-order valence-corrected chi connectivity index (χ2v) is 13.0. The lowest BCUT2D eigenvalue weighted by Gasteiger charge is -2.41. The van der Waals surface area contributed by atoms with Crippen molar-refractivity contribution in [3.63, 3.8) is 0 Å². The van der Waals surface area contributed by atoms with E-state index >= 15 is 0 Å². The Labute approximate surface area is 256 Å². The number of carbonyl (C=O) groups is 3. The van der Waals surface area contributed by atoms with Crippen LogP contribution in [0.4, 0.5) is 4.79 Å². The fraction of sp³-hybridized carbons (Fsp3) is 0.656. The average molecular weight is 605 g/mol. The highest BCUT2D eigenvalue weighted by molar-refractivity contribution is 6.39.